The van der Waals surface area contributed by atoms with E-state index in [2.05, 4.69) is 10.6 Å². The molecule has 1 heterocycles. The van der Waals surface area contributed by atoms with Crippen molar-refractivity contribution in [3.63, 3.8) is 0 Å². The van der Waals surface area contributed by atoms with Crippen molar-refractivity contribution < 1.29 is 17.9 Å². The normalized spacial score (nSPS) is 19.6. The van der Waals surface area contributed by atoms with Crippen LogP contribution < -0.4 is 10.6 Å². The summed E-state index contributed by atoms with van der Waals surface area (Å²) in [5.74, 6) is 0.545. The third-order valence-electron chi connectivity index (χ3n) is 3.01. The van der Waals surface area contributed by atoms with E-state index in [1.165, 1.54) is 0 Å². The van der Waals surface area contributed by atoms with Crippen molar-refractivity contribution >= 4 is 15.9 Å². The fourth-order valence-corrected chi connectivity index (χ4v) is 3.44. The highest BCUT2D eigenvalue weighted by Gasteiger charge is 2.22. The molecule has 0 atom stereocenters. The molecule has 0 spiro atoms. The number of hydrogen-bond acceptors (Lipinski definition) is 5. The molecule has 1 rings (SSSR count). The van der Waals surface area contributed by atoms with Crippen LogP contribution in [0.2, 0.25) is 0 Å². The highest BCUT2D eigenvalue weighted by atomic mass is 32.2. The SMILES string of the molecule is CC(C)(C)OC(=O)NC/C=C/CNC1CCS(=O)(=O)CC1. The topological polar surface area (TPSA) is 84.5 Å². The summed E-state index contributed by atoms with van der Waals surface area (Å²) in [6.07, 6.45) is 4.67. The van der Waals surface area contributed by atoms with Gasteiger partial charge in [-0.2, -0.15) is 0 Å². The molecule has 1 saturated heterocycles. The van der Waals surface area contributed by atoms with E-state index >= 15 is 0 Å². The molecule has 0 saturated carbocycles. The average Bonchev–Trinajstić information content (AvgIpc) is 2.33. The van der Waals surface area contributed by atoms with Crippen molar-refractivity contribution in [1.82, 2.24) is 10.6 Å². The van der Waals surface area contributed by atoms with Crippen molar-refractivity contribution in [2.75, 3.05) is 24.6 Å². The second-order valence-corrected chi connectivity index (χ2v) is 8.49. The molecule has 6 nitrogen and oxygen atoms in total. The number of rotatable bonds is 5. The largest absolute Gasteiger partial charge is 0.444 e. The molecule has 0 aromatic rings. The van der Waals surface area contributed by atoms with Gasteiger partial charge in [0.05, 0.1) is 11.5 Å². The second kappa shape index (κ2) is 7.79. The van der Waals surface area contributed by atoms with Crippen LogP contribution in [-0.4, -0.2) is 50.7 Å². The van der Waals surface area contributed by atoms with Crippen LogP contribution in [0.5, 0.6) is 0 Å². The summed E-state index contributed by atoms with van der Waals surface area (Å²) in [5.41, 5.74) is -0.489. The Morgan fingerprint density at radius 2 is 1.76 bits per heavy atom. The van der Waals surface area contributed by atoms with E-state index in [1.54, 1.807) is 0 Å². The molecular formula is C14H26N2O4S. The lowest BCUT2D eigenvalue weighted by Gasteiger charge is -2.22. The predicted octanol–water partition coefficient (Wildman–Crippen LogP) is 1.23. The van der Waals surface area contributed by atoms with Crippen molar-refractivity contribution in [2.24, 2.45) is 0 Å². The van der Waals surface area contributed by atoms with E-state index in [9.17, 15) is 13.2 Å². The van der Waals surface area contributed by atoms with Crippen molar-refractivity contribution in [1.29, 1.82) is 0 Å². The zero-order valence-electron chi connectivity index (χ0n) is 13.0. The predicted molar refractivity (Wildman–Crippen MR) is 83.1 cm³/mol. The van der Waals surface area contributed by atoms with Gasteiger partial charge in [0, 0.05) is 19.1 Å². The van der Waals surface area contributed by atoms with Gasteiger partial charge >= 0.3 is 6.09 Å². The molecule has 7 heteroatoms. The van der Waals surface area contributed by atoms with Gasteiger partial charge in [-0.15, -0.1) is 0 Å². The third-order valence-corrected chi connectivity index (χ3v) is 4.72. The molecule has 0 unspecified atom stereocenters. The molecule has 0 aliphatic carbocycles. The first-order valence-electron chi connectivity index (χ1n) is 7.24. The smallest absolute Gasteiger partial charge is 0.407 e. The molecular weight excluding hydrogens is 292 g/mol. The Hall–Kier alpha value is -1.08. The van der Waals surface area contributed by atoms with Crippen LogP contribution in [-0.2, 0) is 14.6 Å². The van der Waals surface area contributed by atoms with Crippen LogP contribution >= 0.6 is 0 Å². The molecule has 122 valence electrons. The summed E-state index contributed by atoms with van der Waals surface area (Å²) in [6.45, 7) is 6.53. The van der Waals surface area contributed by atoms with E-state index in [4.69, 9.17) is 4.74 Å². The van der Waals surface area contributed by atoms with Crippen LogP contribution in [0.4, 0.5) is 4.79 Å². The lowest BCUT2D eigenvalue weighted by molar-refractivity contribution is 0.0534. The summed E-state index contributed by atoms with van der Waals surface area (Å²) in [4.78, 5) is 11.4. The van der Waals surface area contributed by atoms with Gasteiger partial charge in [-0.05, 0) is 33.6 Å². The summed E-state index contributed by atoms with van der Waals surface area (Å²) < 4.78 is 27.7. The van der Waals surface area contributed by atoms with Gasteiger partial charge in [-0.3, -0.25) is 0 Å². The number of carbonyl (C=O) groups excluding carboxylic acids is 1. The molecule has 0 aromatic heterocycles. The molecule has 1 aliphatic rings. The standard InChI is InChI=1S/C14H26N2O4S/c1-14(2,3)20-13(17)16-9-5-4-8-15-12-6-10-21(18,19)11-7-12/h4-5,12,15H,6-11H2,1-3H3,(H,16,17)/b5-4+. The second-order valence-electron chi connectivity index (χ2n) is 6.19. The molecule has 1 amide bonds. The lowest BCUT2D eigenvalue weighted by Crippen LogP contribution is -2.37. The van der Waals surface area contributed by atoms with E-state index in [0.717, 1.165) is 0 Å². The Morgan fingerprint density at radius 1 is 1.19 bits per heavy atom. The number of carbonyl (C=O) groups is 1. The Labute approximate surface area is 127 Å². The molecule has 2 N–H and O–H groups in total. The monoisotopic (exact) mass is 318 g/mol. The number of alkyl carbamates (subject to hydrolysis) is 1. The van der Waals surface area contributed by atoms with Gasteiger partial charge < -0.3 is 15.4 Å². The average molecular weight is 318 g/mol. The fourth-order valence-electron chi connectivity index (χ4n) is 1.95. The summed E-state index contributed by atoms with van der Waals surface area (Å²) in [7, 11) is -2.80. The number of amides is 1. The summed E-state index contributed by atoms with van der Waals surface area (Å²) in [5, 5.41) is 5.92. The van der Waals surface area contributed by atoms with Crippen molar-refractivity contribution in [3.8, 4) is 0 Å². The van der Waals surface area contributed by atoms with Crippen LogP contribution in [0.15, 0.2) is 12.2 Å². The minimum absolute atomic E-state index is 0.261. The van der Waals surface area contributed by atoms with Crippen molar-refractivity contribution in [2.45, 2.75) is 45.3 Å². The minimum atomic E-state index is -2.80. The van der Waals surface area contributed by atoms with E-state index in [-0.39, 0.29) is 17.5 Å². The van der Waals surface area contributed by atoms with Gasteiger partial charge in [-0.1, -0.05) is 12.2 Å². The van der Waals surface area contributed by atoms with Crippen LogP contribution in [0.3, 0.4) is 0 Å². The fraction of sp³-hybridized carbons (Fsp3) is 0.786. The van der Waals surface area contributed by atoms with Crippen LogP contribution in [0, 0.1) is 0 Å². The van der Waals surface area contributed by atoms with Crippen LogP contribution in [0.1, 0.15) is 33.6 Å². The van der Waals surface area contributed by atoms with Gasteiger partial charge in [0.15, 0.2) is 0 Å². The zero-order valence-corrected chi connectivity index (χ0v) is 13.8. The Bertz CT molecular complexity index is 452. The van der Waals surface area contributed by atoms with E-state index < -0.39 is 21.5 Å². The molecule has 1 aliphatic heterocycles. The first-order chi connectivity index (χ1) is 9.68. The number of hydrogen-bond donors (Lipinski definition) is 2. The number of ether oxygens (including phenoxy) is 1. The maximum atomic E-state index is 11.4. The third kappa shape index (κ3) is 8.72. The molecule has 1 fully saturated rings. The van der Waals surface area contributed by atoms with E-state index in [0.29, 0.717) is 25.9 Å². The Balaban J connectivity index is 2.09. The molecule has 0 aromatic carbocycles. The molecule has 21 heavy (non-hydrogen) atoms. The zero-order chi connectivity index (χ0) is 15.9. The summed E-state index contributed by atoms with van der Waals surface area (Å²) in [6, 6.07) is 0.261. The first kappa shape index (κ1) is 18.0. The first-order valence-corrected chi connectivity index (χ1v) is 9.06. The highest BCUT2D eigenvalue weighted by Crippen LogP contribution is 2.11. The Kier molecular flexibility index (Phi) is 6.67. The lowest BCUT2D eigenvalue weighted by atomic mass is 10.1. The van der Waals surface area contributed by atoms with Gasteiger partial charge in [-0.25, -0.2) is 13.2 Å². The highest BCUT2D eigenvalue weighted by molar-refractivity contribution is 7.91. The number of nitrogens with one attached hydrogen (secondary N) is 2. The van der Waals surface area contributed by atoms with Crippen LogP contribution in [0.25, 0.3) is 0 Å². The quantitative estimate of drug-likeness (QED) is 0.745. The Morgan fingerprint density at radius 3 is 2.33 bits per heavy atom. The van der Waals surface area contributed by atoms with Crippen molar-refractivity contribution in [3.05, 3.63) is 12.2 Å². The molecule has 0 bridgehead atoms. The van der Waals surface area contributed by atoms with Gasteiger partial charge in [0.1, 0.15) is 15.4 Å². The minimum Gasteiger partial charge on any atom is -0.444 e. The maximum absolute atomic E-state index is 11.4. The van der Waals surface area contributed by atoms with Gasteiger partial charge in [0.2, 0.25) is 0 Å². The van der Waals surface area contributed by atoms with E-state index in [1.807, 2.05) is 32.9 Å². The molecule has 0 radical (unpaired) electrons. The maximum Gasteiger partial charge on any atom is 0.407 e. The number of sulfone groups is 1. The van der Waals surface area contributed by atoms with Gasteiger partial charge in [0.25, 0.3) is 0 Å². The summed E-state index contributed by atoms with van der Waals surface area (Å²) >= 11 is 0.